The van der Waals surface area contributed by atoms with Gasteiger partial charge in [0.15, 0.2) is 5.13 Å². The van der Waals surface area contributed by atoms with Gasteiger partial charge in [-0.05, 0) is 29.7 Å². The molecule has 1 amide bonds. The lowest BCUT2D eigenvalue weighted by atomic mass is 10.1. The minimum absolute atomic E-state index is 0.0543. The molecular weight excluding hydrogens is 306 g/mol. The number of nitrogens with zero attached hydrogens (tertiary/aromatic N) is 2. The van der Waals surface area contributed by atoms with Crippen molar-refractivity contribution in [1.29, 1.82) is 0 Å². The lowest BCUT2D eigenvalue weighted by Crippen LogP contribution is -2.14. The van der Waals surface area contributed by atoms with E-state index >= 15 is 0 Å². The van der Waals surface area contributed by atoms with Crippen molar-refractivity contribution in [3.8, 4) is 11.3 Å². The molecule has 1 N–H and O–H groups in total. The van der Waals surface area contributed by atoms with Gasteiger partial charge in [0, 0.05) is 23.3 Å². The first-order chi connectivity index (χ1) is 11.2. The third-order valence-corrected chi connectivity index (χ3v) is 4.26. The molecule has 3 aromatic rings. The maximum absolute atomic E-state index is 12.1. The van der Waals surface area contributed by atoms with E-state index in [0.717, 1.165) is 23.2 Å². The SMILES string of the molecule is CCc1ccc(CC(=O)Nc2nc(-c3cccnc3)cs2)cc1. The predicted molar refractivity (Wildman–Crippen MR) is 93.5 cm³/mol. The molecule has 0 aliphatic heterocycles. The molecule has 3 rings (SSSR count). The molecule has 0 bridgehead atoms. The largest absolute Gasteiger partial charge is 0.302 e. The van der Waals surface area contributed by atoms with E-state index in [9.17, 15) is 4.79 Å². The fourth-order valence-corrected chi connectivity index (χ4v) is 2.96. The molecule has 23 heavy (non-hydrogen) atoms. The second-order valence-corrected chi connectivity index (χ2v) is 6.03. The number of amides is 1. The number of pyridine rings is 1. The molecular formula is C18H17N3OS. The van der Waals surface area contributed by atoms with Gasteiger partial charge >= 0.3 is 0 Å². The van der Waals surface area contributed by atoms with Gasteiger partial charge in [-0.15, -0.1) is 11.3 Å². The van der Waals surface area contributed by atoms with Crippen molar-refractivity contribution in [2.24, 2.45) is 0 Å². The van der Waals surface area contributed by atoms with Crippen molar-refractivity contribution in [1.82, 2.24) is 9.97 Å². The standard InChI is InChI=1S/C18H17N3OS/c1-2-13-5-7-14(8-6-13)10-17(22)21-18-20-16(12-23-18)15-4-3-9-19-11-15/h3-9,11-12H,2,10H2,1H3,(H,20,21,22). The summed E-state index contributed by atoms with van der Waals surface area (Å²) in [5, 5.41) is 5.39. The van der Waals surface area contributed by atoms with E-state index < -0.39 is 0 Å². The zero-order valence-electron chi connectivity index (χ0n) is 12.8. The van der Waals surface area contributed by atoms with Crippen LogP contribution >= 0.6 is 11.3 Å². The molecule has 0 saturated carbocycles. The van der Waals surface area contributed by atoms with Crippen molar-refractivity contribution in [2.75, 3.05) is 5.32 Å². The van der Waals surface area contributed by atoms with E-state index in [1.165, 1.54) is 16.9 Å². The number of nitrogens with one attached hydrogen (secondary N) is 1. The van der Waals surface area contributed by atoms with Gasteiger partial charge in [0.05, 0.1) is 12.1 Å². The molecule has 0 atom stereocenters. The highest BCUT2D eigenvalue weighted by Crippen LogP contribution is 2.24. The van der Waals surface area contributed by atoms with Crippen LogP contribution < -0.4 is 5.32 Å². The Morgan fingerprint density at radius 3 is 2.65 bits per heavy atom. The number of aryl methyl sites for hydroxylation is 1. The average molecular weight is 323 g/mol. The van der Waals surface area contributed by atoms with Crippen LogP contribution in [0.15, 0.2) is 54.2 Å². The second kappa shape index (κ2) is 7.15. The van der Waals surface area contributed by atoms with Gasteiger partial charge in [-0.25, -0.2) is 4.98 Å². The van der Waals surface area contributed by atoms with Crippen LogP contribution in [0.3, 0.4) is 0 Å². The van der Waals surface area contributed by atoms with E-state index in [0.29, 0.717) is 11.6 Å². The highest BCUT2D eigenvalue weighted by molar-refractivity contribution is 7.14. The Labute approximate surface area is 139 Å². The van der Waals surface area contributed by atoms with Crippen molar-refractivity contribution in [3.63, 3.8) is 0 Å². The molecule has 0 aliphatic carbocycles. The second-order valence-electron chi connectivity index (χ2n) is 5.17. The molecule has 5 heteroatoms. The van der Waals surface area contributed by atoms with Crippen molar-refractivity contribution >= 4 is 22.4 Å². The molecule has 0 fully saturated rings. The third kappa shape index (κ3) is 4.02. The van der Waals surface area contributed by atoms with Gasteiger partial charge in [-0.2, -0.15) is 0 Å². The van der Waals surface area contributed by atoms with E-state index in [1.54, 1.807) is 12.4 Å². The monoisotopic (exact) mass is 323 g/mol. The summed E-state index contributed by atoms with van der Waals surface area (Å²) in [6.45, 7) is 2.12. The molecule has 4 nitrogen and oxygen atoms in total. The van der Waals surface area contributed by atoms with E-state index in [-0.39, 0.29) is 5.91 Å². The Morgan fingerprint density at radius 1 is 1.17 bits per heavy atom. The quantitative estimate of drug-likeness (QED) is 0.773. The van der Waals surface area contributed by atoms with Crippen molar-refractivity contribution in [3.05, 3.63) is 65.3 Å². The zero-order chi connectivity index (χ0) is 16.1. The molecule has 2 heterocycles. The van der Waals surface area contributed by atoms with Crippen LogP contribution in [0.5, 0.6) is 0 Å². The summed E-state index contributed by atoms with van der Waals surface area (Å²) < 4.78 is 0. The molecule has 0 unspecified atom stereocenters. The van der Waals surface area contributed by atoms with E-state index in [1.807, 2.05) is 29.6 Å². The summed E-state index contributed by atoms with van der Waals surface area (Å²) in [7, 11) is 0. The molecule has 0 radical (unpaired) electrons. The van der Waals surface area contributed by atoms with Gasteiger partial charge in [0.2, 0.25) is 5.91 Å². The molecule has 0 aliphatic rings. The summed E-state index contributed by atoms with van der Waals surface area (Å²) in [5.74, 6) is -0.0543. The lowest BCUT2D eigenvalue weighted by molar-refractivity contribution is -0.115. The Hall–Kier alpha value is -2.53. The zero-order valence-corrected chi connectivity index (χ0v) is 13.6. The summed E-state index contributed by atoms with van der Waals surface area (Å²) in [5.41, 5.74) is 4.05. The summed E-state index contributed by atoms with van der Waals surface area (Å²) in [6, 6.07) is 11.9. The fourth-order valence-electron chi connectivity index (χ4n) is 2.22. The topological polar surface area (TPSA) is 54.9 Å². The highest BCUT2D eigenvalue weighted by atomic mass is 32.1. The Balaban J connectivity index is 1.63. The first-order valence-electron chi connectivity index (χ1n) is 7.48. The van der Waals surface area contributed by atoms with Crippen LogP contribution in [0, 0.1) is 0 Å². The molecule has 116 valence electrons. The van der Waals surface area contributed by atoms with Crippen LogP contribution in [0.25, 0.3) is 11.3 Å². The maximum atomic E-state index is 12.1. The number of carbonyl (C=O) groups excluding carboxylic acids is 1. The lowest BCUT2D eigenvalue weighted by Gasteiger charge is -2.03. The number of thiazole rings is 1. The van der Waals surface area contributed by atoms with Gasteiger partial charge < -0.3 is 5.32 Å². The fraction of sp³-hybridized carbons (Fsp3) is 0.167. The molecule has 0 saturated heterocycles. The number of carbonyl (C=O) groups is 1. The van der Waals surface area contributed by atoms with Crippen LogP contribution in [0.4, 0.5) is 5.13 Å². The number of hydrogen-bond donors (Lipinski definition) is 1. The number of hydrogen-bond acceptors (Lipinski definition) is 4. The molecule has 1 aromatic carbocycles. The first-order valence-corrected chi connectivity index (χ1v) is 8.36. The van der Waals surface area contributed by atoms with Gasteiger partial charge in [-0.3, -0.25) is 9.78 Å². The van der Waals surface area contributed by atoms with Gasteiger partial charge in [0.25, 0.3) is 0 Å². The average Bonchev–Trinajstić information content (AvgIpc) is 3.04. The van der Waals surface area contributed by atoms with Crippen LogP contribution in [0.1, 0.15) is 18.1 Å². The molecule has 2 aromatic heterocycles. The number of anilines is 1. The summed E-state index contributed by atoms with van der Waals surface area (Å²) >= 11 is 1.42. The smallest absolute Gasteiger partial charge is 0.230 e. The number of aromatic nitrogens is 2. The van der Waals surface area contributed by atoms with Crippen LogP contribution in [0.2, 0.25) is 0 Å². The third-order valence-electron chi connectivity index (χ3n) is 3.50. The Kier molecular flexibility index (Phi) is 4.78. The first kappa shape index (κ1) is 15.4. The van der Waals surface area contributed by atoms with Gasteiger partial charge in [-0.1, -0.05) is 31.2 Å². The van der Waals surface area contributed by atoms with Crippen LogP contribution in [-0.2, 0) is 17.6 Å². The Bertz CT molecular complexity index is 782. The summed E-state index contributed by atoms with van der Waals surface area (Å²) in [6.07, 6.45) is 4.84. The highest BCUT2D eigenvalue weighted by Gasteiger charge is 2.09. The van der Waals surface area contributed by atoms with Crippen LogP contribution in [-0.4, -0.2) is 15.9 Å². The number of rotatable bonds is 5. The summed E-state index contributed by atoms with van der Waals surface area (Å²) in [4.78, 5) is 20.6. The predicted octanol–water partition coefficient (Wildman–Crippen LogP) is 3.95. The maximum Gasteiger partial charge on any atom is 0.230 e. The van der Waals surface area contributed by atoms with Crippen molar-refractivity contribution < 1.29 is 4.79 Å². The minimum Gasteiger partial charge on any atom is -0.302 e. The Morgan fingerprint density at radius 2 is 1.96 bits per heavy atom. The van der Waals surface area contributed by atoms with E-state index in [2.05, 4.69) is 34.3 Å². The molecule has 0 spiro atoms. The normalized spacial score (nSPS) is 10.5. The van der Waals surface area contributed by atoms with Crippen molar-refractivity contribution in [2.45, 2.75) is 19.8 Å². The minimum atomic E-state index is -0.0543. The number of benzene rings is 1. The van der Waals surface area contributed by atoms with E-state index in [4.69, 9.17) is 0 Å². The van der Waals surface area contributed by atoms with Gasteiger partial charge in [0.1, 0.15) is 0 Å².